The lowest BCUT2D eigenvalue weighted by Gasteiger charge is -2.09. The molecule has 1 heterocycles. The van der Waals surface area contributed by atoms with Crippen LogP contribution >= 0.6 is 11.3 Å². The fourth-order valence-electron chi connectivity index (χ4n) is 3.49. The van der Waals surface area contributed by atoms with Crippen molar-refractivity contribution in [3.8, 4) is 33.4 Å². The second-order valence-corrected chi connectivity index (χ2v) is 8.55. The summed E-state index contributed by atoms with van der Waals surface area (Å²) in [6.07, 6.45) is 4.44. The molecule has 0 radical (unpaired) electrons. The second kappa shape index (κ2) is 10.7. The number of carbonyl (C=O) groups is 1. The molecule has 32 heavy (non-hydrogen) atoms. The number of phenolic OH excluding ortho intramolecular Hbond substituents is 1. The van der Waals surface area contributed by atoms with Crippen molar-refractivity contribution in [1.29, 1.82) is 5.26 Å². The fourth-order valence-corrected chi connectivity index (χ4v) is 4.76. The highest BCUT2D eigenvalue weighted by atomic mass is 32.1. The van der Waals surface area contributed by atoms with Gasteiger partial charge in [0.05, 0.1) is 5.56 Å². The zero-order valence-electron chi connectivity index (χ0n) is 17.5. The molecule has 4 N–H and O–H groups in total. The first-order valence-electron chi connectivity index (χ1n) is 10.2. The lowest BCUT2D eigenvalue weighted by atomic mass is 9.99. The van der Waals surface area contributed by atoms with Crippen LogP contribution in [0.3, 0.4) is 0 Å². The molecular weight excluding hydrogens is 425 g/mol. The molecule has 3 aromatic rings. The maximum Gasteiger partial charge on any atom is 0.207 e. The molecule has 0 saturated carbocycles. The standard InChI is InChI=1S/C25H24FN3O2S/c1-2-16-10-18(7-8-24(16)31)25-22(17-5-6-19(14-27)23(26)11-17)13-21(32-25)12-20(28)4-3-9-29-15-30/h2,5-8,10-11,13,15,20,31H,1,3-4,9,12,28H2,(H,29,30). The maximum absolute atomic E-state index is 14.3. The predicted octanol–water partition coefficient (Wildman–Crippen LogP) is 4.84. The van der Waals surface area contributed by atoms with E-state index in [1.807, 2.05) is 24.3 Å². The van der Waals surface area contributed by atoms with Crippen LogP contribution in [0.4, 0.5) is 4.39 Å². The summed E-state index contributed by atoms with van der Waals surface area (Å²) in [5.74, 6) is -0.432. The van der Waals surface area contributed by atoms with Crippen LogP contribution in [0, 0.1) is 17.1 Å². The third kappa shape index (κ3) is 5.41. The van der Waals surface area contributed by atoms with Gasteiger partial charge in [0.1, 0.15) is 17.6 Å². The van der Waals surface area contributed by atoms with Gasteiger partial charge >= 0.3 is 0 Å². The minimum Gasteiger partial charge on any atom is -0.507 e. The number of aromatic hydroxyl groups is 1. The van der Waals surface area contributed by atoms with Crippen LogP contribution in [0.5, 0.6) is 5.75 Å². The number of amides is 1. The molecule has 1 amide bonds. The third-order valence-corrected chi connectivity index (χ3v) is 6.34. The van der Waals surface area contributed by atoms with Crippen molar-refractivity contribution in [3.05, 3.63) is 70.9 Å². The minimum absolute atomic E-state index is 0.00436. The highest BCUT2D eigenvalue weighted by Crippen LogP contribution is 2.41. The first kappa shape index (κ1) is 23.2. The Morgan fingerprint density at radius 1 is 1.25 bits per heavy atom. The van der Waals surface area contributed by atoms with E-state index in [4.69, 9.17) is 11.0 Å². The van der Waals surface area contributed by atoms with E-state index in [1.165, 1.54) is 12.1 Å². The molecule has 7 heteroatoms. The normalized spacial score (nSPS) is 11.5. The summed E-state index contributed by atoms with van der Waals surface area (Å²) in [5.41, 5.74) is 9.27. The molecule has 0 aliphatic carbocycles. The molecule has 0 spiro atoms. The monoisotopic (exact) mass is 449 g/mol. The molecule has 3 rings (SSSR count). The Morgan fingerprint density at radius 3 is 2.72 bits per heavy atom. The predicted molar refractivity (Wildman–Crippen MR) is 127 cm³/mol. The van der Waals surface area contributed by atoms with Crippen molar-refractivity contribution in [2.24, 2.45) is 5.73 Å². The number of halogens is 1. The van der Waals surface area contributed by atoms with Crippen LogP contribution in [-0.4, -0.2) is 24.1 Å². The number of nitrogens with two attached hydrogens (primary N) is 1. The van der Waals surface area contributed by atoms with Crippen molar-refractivity contribution >= 4 is 23.8 Å². The van der Waals surface area contributed by atoms with E-state index >= 15 is 0 Å². The topological polar surface area (TPSA) is 99.1 Å². The lowest BCUT2D eigenvalue weighted by molar-refractivity contribution is -0.109. The molecule has 0 bridgehead atoms. The van der Waals surface area contributed by atoms with Crippen molar-refractivity contribution < 1.29 is 14.3 Å². The number of hydrogen-bond acceptors (Lipinski definition) is 5. The summed E-state index contributed by atoms with van der Waals surface area (Å²) >= 11 is 1.57. The number of nitrogens with zero attached hydrogens (tertiary/aromatic N) is 1. The number of nitrogens with one attached hydrogen (secondary N) is 1. The molecule has 0 saturated heterocycles. The van der Waals surface area contributed by atoms with Crippen LogP contribution in [0.25, 0.3) is 27.6 Å². The minimum atomic E-state index is -0.569. The first-order valence-corrected chi connectivity index (χ1v) is 11.0. The van der Waals surface area contributed by atoms with Gasteiger partial charge in [-0.15, -0.1) is 11.3 Å². The highest BCUT2D eigenvalue weighted by Gasteiger charge is 2.17. The highest BCUT2D eigenvalue weighted by molar-refractivity contribution is 7.16. The van der Waals surface area contributed by atoms with Crippen molar-refractivity contribution in [1.82, 2.24) is 5.32 Å². The zero-order chi connectivity index (χ0) is 23.1. The fraction of sp³-hybridized carbons (Fsp3) is 0.200. The summed E-state index contributed by atoms with van der Waals surface area (Å²) in [6, 6.07) is 13.6. The Kier molecular flexibility index (Phi) is 7.77. The average Bonchev–Trinajstić information content (AvgIpc) is 3.20. The SMILES string of the molecule is C=Cc1cc(-c2sc(CC(N)CCCNC=O)cc2-c2ccc(C#N)c(F)c2)ccc1O. The number of rotatable bonds is 10. The van der Waals surface area contributed by atoms with E-state index in [0.717, 1.165) is 33.7 Å². The molecule has 5 nitrogen and oxygen atoms in total. The quantitative estimate of drug-likeness (QED) is 0.305. The summed E-state index contributed by atoms with van der Waals surface area (Å²) in [7, 11) is 0. The van der Waals surface area contributed by atoms with Crippen molar-refractivity contribution in [3.63, 3.8) is 0 Å². The molecule has 0 fully saturated rings. The Labute approximate surface area is 190 Å². The van der Waals surface area contributed by atoms with E-state index in [9.17, 15) is 14.3 Å². The molecule has 1 atom stereocenters. The Bertz CT molecular complexity index is 1170. The smallest absolute Gasteiger partial charge is 0.207 e. The van der Waals surface area contributed by atoms with Crippen LogP contribution in [0.1, 0.15) is 28.8 Å². The van der Waals surface area contributed by atoms with E-state index in [0.29, 0.717) is 30.5 Å². The number of hydrogen-bond donors (Lipinski definition) is 3. The molecule has 2 aromatic carbocycles. The third-order valence-electron chi connectivity index (χ3n) is 5.14. The molecule has 0 aliphatic heterocycles. The Balaban J connectivity index is 1.98. The molecule has 1 unspecified atom stereocenters. The van der Waals surface area contributed by atoms with Crippen LogP contribution in [0.15, 0.2) is 49.0 Å². The summed E-state index contributed by atoms with van der Waals surface area (Å²) < 4.78 is 14.3. The lowest BCUT2D eigenvalue weighted by Crippen LogP contribution is -2.24. The number of carbonyl (C=O) groups excluding carboxylic acids is 1. The van der Waals surface area contributed by atoms with E-state index in [2.05, 4.69) is 11.9 Å². The van der Waals surface area contributed by atoms with E-state index < -0.39 is 5.82 Å². The van der Waals surface area contributed by atoms with Gasteiger partial charge in [0.15, 0.2) is 0 Å². The van der Waals surface area contributed by atoms with Gasteiger partial charge in [0, 0.05) is 33.5 Å². The second-order valence-electron chi connectivity index (χ2n) is 7.42. The van der Waals surface area contributed by atoms with E-state index in [-0.39, 0.29) is 17.4 Å². The first-order chi connectivity index (χ1) is 15.5. The average molecular weight is 450 g/mol. The molecule has 164 valence electrons. The van der Waals surface area contributed by atoms with Gasteiger partial charge in [0.2, 0.25) is 6.41 Å². The van der Waals surface area contributed by atoms with Crippen LogP contribution < -0.4 is 11.1 Å². The molecular formula is C25H24FN3O2S. The largest absolute Gasteiger partial charge is 0.507 e. The number of benzene rings is 2. The Hall–Kier alpha value is -3.47. The van der Waals surface area contributed by atoms with Gasteiger partial charge in [-0.05, 0) is 66.8 Å². The van der Waals surface area contributed by atoms with Gasteiger partial charge in [-0.2, -0.15) is 5.26 Å². The number of thiophene rings is 1. The maximum atomic E-state index is 14.3. The van der Waals surface area contributed by atoms with Gasteiger partial charge in [-0.25, -0.2) is 4.39 Å². The summed E-state index contributed by atoms with van der Waals surface area (Å²) in [6.45, 7) is 4.33. The van der Waals surface area contributed by atoms with Crippen LogP contribution in [0.2, 0.25) is 0 Å². The summed E-state index contributed by atoms with van der Waals surface area (Å²) in [5, 5.41) is 21.7. The summed E-state index contributed by atoms with van der Waals surface area (Å²) in [4.78, 5) is 12.3. The molecule has 0 aliphatic rings. The van der Waals surface area contributed by atoms with Gasteiger partial charge in [-0.3, -0.25) is 4.79 Å². The molecule has 1 aromatic heterocycles. The van der Waals surface area contributed by atoms with Gasteiger partial charge in [-0.1, -0.05) is 18.7 Å². The van der Waals surface area contributed by atoms with Crippen LogP contribution in [-0.2, 0) is 11.2 Å². The van der Waals surface area contributed by atoms with Gasteiger partial charge in [0.25, 0.3) is 0 Å². The van der Waals surface area contributed by atoms with Crippen molar-refractivity contribution in [2.45, 2.75) is 25.3 Å². The number of nitriles is 1. The van der Waals surface area contributed by atoms with E-state index in [1.54, 1.807) is 29.5 Å². The number of phenols is 1. The Morgan fingerprint density at radius 2 is 2.03 bits per heavy atom. The van der Waals surface area contributed by atoms with Gasteiger partial charge < -0.3 is 16.2 Å². The van der Waals surface area contributed by atoms with Crippen molar-refractivity contribution in [2.75, 3.05) is 6.54 Å². The zero-order valence-corrected chi connectivity index (χ0v) is 18.3.